The van der Waals surface area contributed by atoms with Crippen molar-refractivity contribution in [3.05, 3.63) is 0 Å². The van der Waals surface area contributed by atoms with Crippen molar-refractivity contribution in [1.82, 2.24) is 14.5 Å². The van der Waals surface area contributed by atoms with Crippen LogP contribution < -0.4 is 4.72 Å². The molecule has 1 heterocycles. The third-order valence-corrected chi connectivity index (χ3v) is 5.44. The van der Waals surface area contributed by atoms with Crippen molar-refractivity contribution in [2.75, 3.05) is 46.0 Å². The summed E-state index contributed by atoms with van der Waals surface area (Å²) in [7, 11) is -1.10. The monoisotopic (exact) mass is 331 g/mol. The first-order valence-corrected chi connectivity index (χ1v) is 10.2. The van der Waals surface area contributed by atoms with Crippen LogP contribution in [0.25, 0.3) is 0 Å². The molecule has 1 saturated heterocycles. The van der Waals surface area contributed by atoms with Crippen LogP contribution in [0, 0.1) is 11.8 Å². The smallest absolute Gasteiger partial charge is 0.225 e. The molecule has 22 heavy (non-hydrogen) atoms. The van der Waals surface area contributed by atoms with Gasteiger partial charge in [-0.25, -0.2) is 13.1 Å². The van der Waals surface area contributed by atoms with Gasteiger partial charge in [-0.05, 0) is 38.6 Å². The fourth-order valence-corrected chi connectivity index (χ4v) is 3.74. The molecule has 0 aromatic heterocycles. The highest BCUT2D eigenvalue weighted by Gasteiger charge is 2.32. The fourth-order valence-electron chi connectivity index (χ4n) is 3.28. The van der Waals surface area contributed by atoms with Crippen LogP contribution in [0.4, 0.5) is 0 Å². The lowest BCUT2D eigenvalue weighted by molar-refractivity contribution is -0.140. The molecule has 1 aliphatic carbocycles. The average Bonchev–Trinajstić information content (AvgIpc) is 2.35. The van der Waals surface area contributed by atoms with Crippen molar-refractivity contribution in [3.8, 4) is 0 Å². The van der Waals surface area contributed by atoms with Gasteiger partial charge in [-0.3, -0.25) is 4.79 Å². The van der Waals surface area contributed by atoms with Crippen molar-refractivity contribution in [2.24, 2.45) is 11.8 Å². The Hall–Kier alpha value is -0.660. The number of hydrogen-bond acceptors (Lipinski definition) is 4. The maximum atomic E-state index is 12.3. The quantitative estimate of drug-likeness (QED) is 0.738. The van der Waals surface area contributed by atoms with Gasteiger partial charge in [0, 0.05) is 38.6 Å². The highest BCUT2D eigenvalue weighted by molar-refractivity contribution is 7.88. The van der Waals surface area contributed by atoms with E-state index in [2.05, 4.69) is 14.5 Å². The number of likely N-dealkylation sites (tertiary alicyclic amines) is 1. The third kappa shape index (κ3) is 5.52. The fraction of sp³-hybridized carbons (Fsp3) is 0.933. The molecule has 0 aromatic carbocycles. The normalized spacial score (nSPS) is 23.6. The summed E-state index contributed by atoms with van der Waals surface area (Å²) in [5.74, 6) is 1.15. The number of nitrogens with one attached hydrogen (secondary N) is 1. The summed E-state index contributed by atoms with van der Waals surface area (Å²) in [5, 5.41) is 0. The van der Waals surface area contributed by atoms with Gasteiger partial charge in [-0.15, -0.1) is 0 Å². The largest absolute Gasteiger partial charge is 0.342 e. The lowest BCUT2D eigenvalue weighted by Gasteiger charge is -2.38. The molecule has 0 bridgehead atoms. The van der Waals surface area contributed by atoms with Crippen molar-refractivity contribution < 1.29 is 13.2 Å². The number of sulfonamides is 1. The average molecular weight is 331 g/mol. The lowest BCUT2D eigenvalue weighted by atomic mass is 9.83. The Morgan fingerprint density at radius 3 is 2.59 bits per heavy atom. The minimum atomic E-state index is -3.11. The first kappa shape index (κ1) is 17.7. The predicted octanol–water partition coefficient (Wildman–Crippen LogP) is 0.506. The molecule has 0 spiro atoms. The second-order valence-electron chi connectivity index (χ2n) is 6.85. The van der Waals surface area contributed by atoms with Crippen LogP contribution >= 0.6 is 0 Å². The van der Waals surface area contributed by atoms with Crippen LogP contribution in [0.3, 0.4) is 0 Å². The minimum Gasteiger partial charge on any atom is -0.342 e. The Kier molecular flexibility index (Phi) is 6.23. The molecule has 1 unspecified atom stereocenters. The molecule has 2 aliphatic rings. The molecule has 1 saturated carbocycles. The number of rotatable bonds is 7. The van der Waals surface area contributed by atoms with Gasteiger partial charge in [-0.2, -0.15) is 0 Å². The molecule has 1 N–H and O–H groups in total. The lowest BCUT2D eigenvalue weighted by Crippen LogP contribution is -2.47. The van der Waals surface area contributed by atoms with Gasteiger partial charge in [0.05, 0.1) is 6.26 Å². The summed E-state index contributed by atoms with van der Waals surface area (Å²) in [6.07, 6.45) is 6.74. The van der Waals surface area contributed by atoms with Gasteiger partial charge in [0.1, 0.15) is 0 Å². The van der Waals surface area contributed by atoms with E-state index < -0.39 is 10.0 Å². The second-order valence-corrected chi connectivity index (χ2v) is 8.68. The molecule has 2 rings (SSSR count). The Bertz CT molecular complexity index is 476. The molecule has 0 aromatic rings. The highest BCUT2D eigenvalue weighted by Crippen LogP contribution is 2.30. The minimum absolute atomic E-state index is 0.287. The molecular formula is C15H29N3O3S. The van der Waals surface area contributed by atoms with Gasteiger partial charge in [0.15, 0.2) is 0 Å². The van der Waals surface area contributed by atoms with Crippen molar-refractivity contribution in [1.29, 1.82) is 0 Å². The van der Waals surface area contributed by atoms with E-state index in [1.54, 1.807) is 0 Å². The van der Waals surface area contributed by atoms with Crippen LogP contribution in [-0.2, 0) is 14.8 Å². The van der Waals surface area contributed by atoms with Crippen LogP contribution in [0.1, 0.15) is 32.1 Å². The molecular weight excluding hydrogens is 302 g/mol. The van der Waals surface area contributed by atoms with E-state index >= 15 is 0 Å². The molecule has 0 radical (unpaired) electrons. The molecule has 2 fully saturated rings. The van der Waals surface area contributed by atoms with Gasteiger partial charge in [0.2, 0.25) is 15.9 Å². The Morgan fingerprint density at radius 1 is 1.27 bits per heavy atom. The summed E-state index contributed by atoms with van der Waals surface area (Å²) >= 11 is 0. The van der Waals surface area contributed by atoms with Gasteiger partial charge in [0.25, 0.3) is 0 Å². The van der Waals surface area contributed by atoms with E-state index in [4.69, 9.17) is 0 Å². The molecule has 6 nitrogen and oxygen atoms in total. The van der Waals surface area contributed by atoms with Crippen molar-refractivity contribution in [3.63, 3.8) is 0 Å². The summed E-state index contributed by atoms with van der Waals surface area (Å²) < 4.78 is 24.6. The summed E-state index contributed by atoms with van der Waals surface area (Å²) in [6, 6.07) is 0. The van der Waals surface area contributed by atoms with Crippen LogP contribution in [-0.4, -0.2) is 70.2 Å². The summed E-state index contributed by atoms with van der Waals surface area (Å²) in [6.45, 7) is 3.82. The molecule has 128 valence electrons. The molecule has 1 atom stereocenters. The Balaban J connectivity index is 1.71. The van der Waals surface area contributed by atoms with Crippen molar-refractivity contribution in [2.45, 2.75) is 32.1 Å². The van der Waals surface area contributed by atoms with E-state index in [1.807, 2.05) is 7.05 Å². The van der Waals surface area contributed by atoms with E-state index in [1.165, 1.54) is 12.7 Å². The number of hydrogen-bond donors (Lipinski definition) is 1. The summed E-state index contributed by atoms with van der Waals surface area (Å²) in [5.41, 5.74) is 0. The number of carbonyl (C=O) groups excluding carboxylic acids is 1. The second kappa shape index (κ2) is 7.75. The van der Waals surface area contributed by atoms with E-state index in [0.29, 0.717) is 24.9 Å². The number of piperidine rings is 1. The van der Waals surface area contributed by atoms with E-state index in [0.717, 1.165) is 45.3 Å². The zero-order valence-corrected chi connectivity index (χ0v) is 14.6. The molecule has 7 heteroatoms. The van der Waals surface area contributed by atoms with Gasteiger partial charge >= 0.3 is 0 Å². The number of amides is 1. The standard InChI is InChI=1S/C15H29N3O3S/c1-17(10-8-16-22(2,20)21)11-13-5-4-9-18(12-13)15(19)14-6-3-7-14/h13-14,16H,3-12H2,1-2H3. The zero-order valence-electron chi connectivity index (χ0n) is 13.8. The molecule has 1 aliphatic heterocycles. The first-order chi connectivity index (χ1) is 10.3. The van der Waals surface area contributed by atoms with Crippen LogP contribution in [0.15, 0.2) is 0 Å². The van der Waals surface area contributed by atoms with Crippen LogP contribution in [0.2, 0.25) is 0 Å². The van der Waals surface area contributed by atoms with Gasteiger partial charge < -0.3 is 9.80 Å². The Labute approximate surface area is 134 Å². The number of likely N-dealkylation sites (N-methyl/N-ethyl adjacent to an activating group) is 1. The highest BCUT2D eigenvalue weighted by atomic mass is 32.2. The predicted molar refractivity (Wildman–Crippen MR) is 87.0 cm³/mol. The topological polar surface area (TPSA) is 69.7 Å². The SMILES string of the molecule is CN(CCNS(C)(=O)=O)CC1CCCN(C(=O)C2CCC2)C1. The van der Waals surface area contributed by atoms with E-state index in [9.17, 15) is 13.2 Å². The maximum absolute atomic E-state index is 12.3. The van der Waals surface area contributed by atoms with E-state index in [-0.39, 0.29) is 5.92 Å². The molecule has 1 amide bonds. The van der Waals surface area contributed by atoms with Crippen molar-refractivity contribution >= 4 is 15.9 Å². The zero-order chi connectivity index (χ0) is 16.2. The number of nitrogens with zero attached hydrogens (tertiary/aromatic N) is 2. The maximum Gasteiger partial charge on any atom is 0.225 e. The Morgan fingerprint density at radius 2 is 2.00 bits per heavy atom. The number of carbonyl (C=O) groups is 1. The van der Waals surface area contributed by atoms with Crippen LogP contribution in [0.5, 0.6) is 0 Å². The first-order valence-electron chi connectivity index (χ1n) is 8.27. The van der Waals surface area contributed by atoms with Gasteiger partial charge in [-0.1, -0.05) is 6.42 Å². The summed E-state index contributed by atoms with van der Waals surface area (Å²) in [4.78, 5) is 16.5. The third-order valence-electron chi connectivity index (χ3n) is 4.71.